The van der Waals surface area contributed by atoms with Gasteiger partial charge in [0.25, 0.3) is 0 Å². The van der Waals surface area contributed by atoms with E-state index in [0.717, 1.165) is 27.2 Å². The van der Waals surface area contributed by atoms with Gasteiger partial charge in [-0.25, -0.2) is 9.59 Å². The van der Waals surface area contributed by atoms with Gasteiger partial charge in [-0.05, 0) is 74.9 Å². The number of nitrogens with zero attached hydrogens (tertiary/aromatic N) is 2. The van der Waals surface area contributed by atoms with Crippen LogP contribution in [0.1, 0.15) is 68.1 Å². The number of hydrogen-bond donors (Lipinski definition) is 3. The van der Waals surface area contributed by atoms with Gasteiger partial charge >= 0.3 is 12.1 Å². The maximum absolute atomic E-state index is 13.6. The lowest BCUT2D eigenvalue weighted by atomic mass is 9.93. The normalized spacial score (nSPS) is 17.9. The fourth-order valence-corrected chi connectivity index (χ4v) is 5.42. The zero-order chi connectivity index (χ0) is 29.1. The second-order valence-electron chi connectivity index (χ2n) is 11.5. The van der Waals surface area contributed by atoms with Gasteiger partial charge in [0.05, 0.1) is 0 Å². The third-order valence-corrected chi connectivity index (χ3v) is 7.39. The number of rotatable bonds is 6. The molecule has 41 heavy (non-hydrogen) atoms. The standard InChI is InChI=1S/C32H36N4O5/c1-32(2,3)41-31(38)34-24-13-15-25(16-14-24)40-30(37)28-17-21-11-12-22(29(33)35-39)18-27(21)36(28)19-23-9-6-8-20-7-4-5-10-26(20)23/h4-12,17-18,24-25,39H,13-16,19H2,1-3H3,(H2,33,35)(H,34,38). The van der Waals surface area contributed by atoms with Gasteiger partial charge in [-0.1, -0.05) is 59.8 Å². The first-order valence-electron chi connectivity index (χ1n) is 13.9. The highest BCUT2D eigenvalue weighted by molar-refractivity contribution is 6.02. The minimum absolute atomic E-state index is 0.00862. The number of alkyl carbamates (subject to hydrolysis) is 1. The van der Waals surface area contributed by atoms with Crippen molar-refractivity contribution in [2.75, 3.05) is 0 Å². The summed E-state index contributed by atoms with van der Waals surface area (Å²) in [5.41, 5.74) is 8.14. The molecule has 1 aliphatic rings. The smallest absolute Gasteiger partial charge is 0.407 e. The molecule has 0 radical (unpaired) electrons. The summed E-state index contributed by atoms with van der Waals surface area (Å²) < 4.78 is 13.3. The predicted molar refractivity (Wildman–Crippen MR) is 158 cm³/mol. The molecule has 0 unspecified atom stereocenters. The molecule has 1 fully saturated rings. The van der Waals surface area contributed by atoms with Gasteiger partial charge in [-0.3, -0.25) is 0 Å². The van der Waals surface area contributed by atoms with Crippen molar-refractivity contribution in [3.8, 4) is 0 Å². The lowest BCUT2D eigenvalue weighted by Gasteiger charge is -2.30. The van der Waals surface area contributed by atoms with Gasteiger partial charge in [0.2, 0.25) is 0 Å². The highest BCUT2D eigenvalue weighted by atomic mass is 16.6. The molecule has 1 aromatic heterocycles. The molecule has 0 spiro atoms. The summed E-state index contributed by atoms with van der Waals surface area (Å²) in [5, 5.41) is 18.3. The molecule has 0 bridgehead atoms. The Hall–Kier alpha value is -4.53. The van der Waals surface area contributed by atoms with Crippen LogP contribution in [0.25, 0.3) is 21.7 Å². The van der Waals surface area contributed by atoms with Crippen molar-refractivity contribution in [2.45, 2.75) is 70.7 Å². The second-order valence-corrected chi connectivity index (χ2v) is 11.5. The van der Waals surface area contributed by atoms with E-state index in [1.165, 1.54) is 0 Å². The quantitative estimate of drug-likeness (QED) is 0.0888. The van der Waals surface area contributed by atoms with E-state index in [-0.39, 0.29) is 18.0 Å². The number of nitrogens with two attached hydrogens (primary N) is 1. The molecular weight excluding hydrogens is 520 g/mol. The van der Waals surface area contributed by atoms with E-state index >= 15 is 0 Å². The van der Waals surface area contributed by atoms with Gasteiger partial charge in [0, 0.05) is 29.1 Å². The zero-order valence-electron chi connectivity index (χ0n) is 23.6. The number of hydrogen-bond acceptors (Lipinski definition) is 6. The molecule has 0 saturated heterocycles. The van der Waals surface area contributed by atoms with Gasteiger partial charge in [-0.15, -0.1) is 0 Å². The average molecular weight is 557 g/mol. The Bertz CT molecular complexity index is 1600. The Kier molecular flexibility index (Phi) is 7.88. The van der Waals surface area contributed by atoms with Crippen LogP contribution in [0, 0.1) is 0 Å². The summed E-state index contributed by atoms with van der Waals surface area (Å²) in [7, 11) is 0. The third kappa shape index (κ3) is 6.45. The summed E-state index contributed by atoms with van der Waals surface area (Å²) in [4.78, 5) is 25.8. The van der Waals surface area contributed by atoms with Gasteiger partial charge < -0.3 is 30.3 Å². The van der Waals surface area contributed by atoms with Gasteiger partial charge in [0.1, 0.15) is 17.4 Å². The third-order valence-electron chi connectivity index (χ3n) is 7.39. The Balaban J connectivity index is 1.38. The summed E-state index contributed by atoms with van der Waals surface area (Å²) in [6.07, 6.45) is 1.99. The molecule has 4 N–H and O–H groups in total. The SMILES string of the molecule is CC(C)(C)OC(=O)NC1CCC(OC(=O)c2cc3ccc(/C(N)=N\O)cc3n2Cc2cccc3ccccc23)CC1. The van der Waals surface area contributed by atoms with Crippen LogP contribution in [0.5, 0.6) is 0 Å². The van der Waals surface area contributed by atoms with Gasteiger partial charge in [0.15, 0.2) is 5.84 Å². The monoisotopic (exact) mass is 556 g/mol. The van der Waals surface area contributed by atoms with E-state index in [2.05, 4.69) is 34.7 Å². The van der Waals surface area contributed by atoms with Crippen LogP contribution >= 0.6 is 0 Å². The fraction of sp³-hybridized carbons (Fsp3) is 0.344. The van der Waals surface area contributed by atoms with Crippen LogP contribution in [0.4, 0.5) is 4.79 Å². The molecule has 3 aromatic carbocycles. The number of aromatic nitrogens is 1. The number of ether oxygens (including phenoxy) is 2. The number of nitrogens with one attached hydrogen (secondary N) is 1. The van der Waals surface area contributed by atoms with Crippen molar-refractivity contribution in [2.24, 2.45) is 10.9 Å². The maximum atomic E-state index is 13.6. The van der Waals surface area contributed by atoms with E-state index in [9.17, 15) is 14.8 Å². The van der Waals surface area contributed by atoms with Crippen LogP contribution < -0.4 is 11.1 Å². The maximum Gasteiger partial charge on any atom is 0.407 e. The van der Waals surface area contributed by atoms with Crippen molar-refractivity contribution < 1.29 is 24.3 Å². The topological polar surface area (TPSA) is 128 Å². The summed E-state index contributed by atoms with van der Waals surface area (Å²) in [6, 6.07) is 21.5. The number of oxime groups is 1. The van der Waals surface area contributed by atoms with E-state index in [1.807, 2.05) is 61.7 Å². The minimum atomic E-state index is -0.557. The van der Waals surface area contributed by atoms with Crippen LogP contribution in [-0.4, -0.2) is 45.4 Å². The molecule has 1 heterocycles. The molecule has 9 heteroatoms. The van der Waals surface area contributed by atoms with Crippen molar-refractivity contribution in [1.29, 1.82) is 0 Å². The van der Waals surface area contributed by atoms with Crippen LogP contribution in [0.3, 0.4) is 0 Å². The summed E-state index contributed by atoms with van der Waals surface area (Å²) in [6.45, 7) is 5.93. The largest absolute Gasteiger partial charge is 0.458 e. The zero-order valence-corrected chi connectivity index (χ0v) is 23.6. The van der Waals surface area contributed by atoms with E-state index in [1.54, 1.807) is 6.07 Å². The Morgan fingerprint density at radius 2 is 1.73 bits per heavy atom. The molecule has 214 valence electrons. The molecule has 4 aromatic rings. The fourth-order valence-electron chi connectivity index (χ4n) is 5.42. The van der Waals surface area contributed by atoms with Crippen LogP contribution in [0.2, 0.25) is 0 Å². The number of esters is 1. The molecule has 0 aliphatic heterocycles. The van der Waals surface area contributed by atoms with Crippen molar-refractivity contribution in [3.05, 3.63) is 83.6 Å². The summed E-state index contributed by atoms with van der Waals surface area (Å²) >= 11 is 0. The molecule has 1 amide bonds. The van der Waals surface area contributed by atoms with Crippen molar-refractivity contribution in [3.63, 3.8) is 0 Å². The number of benzene rings is 3. The van der Waals surface area contributed by atoms with E-state index in [4.69, 9.17) is 15.2 Å². The molecular formula is C32H36N4O5. The lowest BCUT2D eigenvalue weighted by molar-refractivity contribution is 0.0152. The molecule has 5 rings (SSSR count). The minimum Gasteiger partial charge on any atom is -0.458 e. The summed E-state index contributed by atoms with van der Waals surface area (Å²) in [5.74, 6) is -0.416. The Morgan fingerprint density at radius 3 is 2.46 bits per heavy atom. The number of amidine groups is 1. The molecule has 9 nitrogen and oxygen atoms in total. The Labute approximate surface area is 238 Å². The number of carbonyl (C=O) groups is 2. The van der Waals surface area contributed by atoms with Crippen molar-refractivity contribution in [1.82, 2.24) is 9.88 Å². The molecule has 0 atom stereocenters. The highest BCUT2D eigenvalue weighted by Crippen LogP contribution is 2.28. The first-order valence-corrected chi connectivity index (χ1v) is 13.9. The predicted octanol–water partition coefficient (Wildman–Crippen LogP) is 5.93. The number of fused-ring (bicyclic) bond motifs is 2. The first-order chi connectivity index (χ1) is 19.6. The van der Waals surface area contributed by atoms with E-state index < -0.39 is 17.7 Å². The van der Waals surface area contributed by atoms with Gasteiger partial charge in [-0.2, -0.15) is 0 Å². The van der Waals surface area contributed by atoms with Crippen LogP contribution in [-0.2, 0) is 16.0 Å². The first kappa shape index (κ1) is 28.0. The lowest BCUT2D eigenvalue weighted by Crippen LogP contribution is -2.42. The second kappa shape index (κ2) is 11.5. The highest BCUT2D eigenvalue weighted by Gasteiger charge is 2.28. The van der Waals surface area contributed by atoms with Crippen molar-refractivity contribution >= 4 is 39.6 Å². The number of amides is 1. The Morgan fingerprint density at radius 1 is 1.00 bits per heavy atom. The molecule has 1 aliphatic carbocycles. The average Bonchev–Trinajstić information content (AvgIpc) is 3.30. The van der Waals surface area contributed by atoms with E-state index in [0.29, 0.717) is 43.5 Å². The molecule has 1 saturated carbocycles. The van der Waals surface area contributed by atoms with Crippen LogP contribution in [0.15, 0.2) is 71.9 Å². The number of carbonyl (C=O) groups excluding carboxylic acids is 2.